The lowest BCUT2D eigenvalue weighted by Gasteiger charge is -2.17. The van der Waals surface area contributed by atoms with Gasteiger partial charge in [-0.1, -0.05) is 26.7 Å². The van der Waals surface area contributed by atoms with Crippen molar-refractivity contribution >= 4 is 27.7 Å². The van der Waals surface area contributed by atoms with Crippen molar-refractivity contribution in [2.45, 2.75) is 71.5 Å². The summed E-state index contributed by atoms with van der Waals surface area (Å²) in [6, 6.07) is 3.22. The van der Waals surface area contributed by atoms with Gasteiger partial charge >= 0.3 is 6.18 Å². The number of benzene rings is 2. The fraction of sp³-hybridized carbons (Fsp3) is 0.444. The monoisotopic (exact) mass is 560 g/mol. The van der Waals surface area contributed by atoms with Gasteiger partial charge in [-0.15, -0.1) is 0 Å². The van der Waals surface area contributed by atoms with Crippen LogP contribution in [0.4, 0.5) is 27.6 Å². The van der Waals surface area contributed by atoms with Gasteiger partial charge in [0.1, 0.15) is 5.69 Å². The lowest BCUT2D eigenvalue weighted by Crippen LogP contribution is -2.25. The number of alkyl halides is 3. The average molecular weight is 561 g/mol. The molecule has 210 valence electrons. The third kappa shape index (κ3) is 9.11. The highest BCUT2D eigenvalue weighted by Gasteiger charge is 2.32. The van der Waals surface area contributed by atoms with E-state index in [9.17, 15) is 35.2 Å². The van der Waals surface area contributed by atoms with Crippen molar-refractivity contribution in [3.8, 4) is 0 Å². The quantitative estimate of drug-likeness (QED) is 0.218. The molecule has 38 heavy (non-hydrogen) atoms. The van der Waals surface area contributed by atoms with Crippen LogP contribution < -0.4 is 10.0 Å². The van der Waals surface area contributed by atoms with Crippen LogP contribution in [0, 0.1) is 11.6 Å². The smallest absolute Gasteiger partial charge is 0.346 e. The number of carbonyl (C=O) groups excluding carboxylic acids is 1. The van der Waals surface area contributed by atoms with E-state index in [0.717, 1.165) is 43.4 Å². The molecule has 0 aliphatic carbocycles. The summed E-state index contributed by atoms with van der Waals surface area (Å²) in [6.45, 7) is 5.36. The first-order valence-corrected chi connectivity index (χ1v) is 14.2. The average Bonchev–Trinajstić information content (AvgIpc) is 2.81. The SMILES string of the molecule is CCCCc1cc(C(F)(F)F)cc(CCCC)c1/C=C/C(=O)NC(C)c1cc(F)c(NS(C)(=O)=O)c(F)c1. The zero-order valence-corrected chi connectivity index (χ0v) is 22.6. The Morgan fingerprint density at radius 2 is 1.47 bits per heavy atom. The van der Waals surface area contributed by atoms with Crippen molar-refractivity contribution in [3.63, 3.8) is 0 Å². The summed E-state index contributed by atoms with van der Waals surface area (Å²) in [6.07, 6.45) is 2.71. The summed E-state index contributed by atoms with van der Waals surface area (Å²) >= 11 is 0. The number of anilines is 1. The number of nitrogens with one attached hydrogen (secondary N) is 2. The van der Waals surface area contributed by atoms with Crippen LogP contribution in [-0.2, 0) is 33.8 Å². The predicted octanol–water partition coefficient (Wildman–Crippen LogP) is 6.93. The first-order chi connectivity index (χ1) is 17.7. The normalized spacial score (nSPS) is 13.1. The standard InChI is InChI=1S/C27H33F5N2O3S/c1-5-7-9-18-13-21(27(30,31)32)14-19(10-8-6-2)22(18)11-12-25(35)33-17(3)20-15-23(28)26(24(29)16-20)34-38(4,36)37/h11-17,34H,5-10H2,1-4H3,(H,33,35)/b12-11+. The molecule has 0 bridgehead atoms. The highest BCUT2D eigenvalue weighted by atomic mass is 32.2. The molecule has 2 N–H and O–H groups in total. The van der Waals surface area contributed by atoms with Crippen molar-refractivity contribution in [2.24, 2.45) is 0 Å². The van der Waals surface area contributed by atoms with Crippen molar-refractivity contribution in [1.82, 2.24) is 5.32 Å². The number of rotatable bonds is 12. The Bertz CT molecular complexity index is 1220. The van der Waals surface area contributed by atoms with Gasteiger partial charge in [0, 0.05) is 6.08 Å². The van der Waals surface area contributed by atoms with Crippen molar-refractivity contribution in [3.05, 3.63) is 69.8 Å². The van der Waals surface area contributed by atoms with Gasteiger partial charge < -0.3 is 5.32 Å². The van der Waals surface area contributed by atoms with E-state index >= 15 is 0 Å². The molecule has 2 aromatic carbocycles. The Morgan fingerprint density at radius 3 is 1.89 bits per heavy atom. The van der Waals surface area contributed by atoms with Crippen LogP contribution in [0.1, 0.15) is 80.3 Å². The summed E-state index contributed by atoms with van der Waals surface area (Å²) in [5.74, 6) is -2.90. The molecule has 0 aliphatic rings. The van der Waals surface area contributed by atoms with E-state index in [1.807, 2.05) is 13.8 Å². The Balaban J connectivity index is 2.34. The van der Waals surface area contributed by atoms with E-state index in [2.05, 4.69) is 5.32 Å². The highest BCUT2D eigenvalue weighted by molar-refractivity contribution is 7.92. The molecule has 2 rings (SSSR count). The summed E-state index contributed by atoms with van der Waals surface area (Å²) in [5.41, 5.74) is 0.0866. The van der Waals surface area contributed by atoms with Crippen molar-refractivity contribution in [1.29, 1.82) is 0 Å². The molecule has 0 aliphatic heterocycles. The molecule has 2 aromatic rings. The minimum Gasteiger partial charge on any atom is -0.346 e. The molecule has 0 fully saturated rings. The fourth-order valence-electron chi connectivity index (χ4n) is 3.93. The van der Waals surface area contributed by atoms with E-state index in [4.69, 9.17) is 0 Å². The number of sulfonamides is 1. The molecule has 0 spiro atoms. The summed E-state index contributed by atoms with van der Waals surface area (Å²) in [7, 11) is -3.91. The van der Waals surface area contributed by atoms with E-state index in [0.29, 0.717) is 42.4 Å². The third-order valence-electron chi connectivity index (χ3n) is 5.89. The lowest BCUT2D eigenvalue weighted by atomic mass is 9.91. The minimum atomic E-state index is -4.49. The molecule has 0 radical (unpaired) electrons. The van der Waals surface area contributed by atoms with Gasteiger partial charge in [-0.25, -0.2) is 17.2 Å². The number of hydrogen-bond donors (Lipinski definition) is 2. The molecule has 11 heteroatoms. The van der Waals surface area contributed by atoms with Gasteiger partial charge in [0.25, 0.3) is 0 Å². The number of aryl methyl sites for hydroxylation is 2. The first kappa shape index (κ1) is 31.3. The van der Waals surface area contributed by atoms with Gasteiger partial charge in [-0.3, -0.25) is 9.52 Å². The number of unbranched alkanes of at least 4 members (excludes halogenated alkanes) is 2. The third-order valence-corrected chi connectivity index (χ3v) is 6.46. The fourth-order valence-corrected chi connectivity index (χ4v) is 4.50. The molecule has 0 saturated carbocycles. The second kappa shape index (κ2) is 13.2. The zero-order valence-electron chi connectivity index (χ0n) is 21.8. The second-order valence-corrected chi connectivity index (χ2v) is 11.0. The second-order valence-electron chi connectivity index (χ2n) is 9.21. The van der Waals surface area contributed by atoms with Crippen LogP contribution >= 0.6 is 0 Å². The van der Waals surface area contributed by atoms with Crippen LogP contribution in [0.5, 0.6) is 0 Å². The van der Waals surface area contributed by atoms with Crippen LogP contribution in [0.25, 0.3) is 6.08 Å². The molecule has 1 atom stereocenters. The maximum absolute atomic E-state index is 14.3. The predicted molar refractivity (Wildman–Crippen MR) is 139 cm³/mol. The Hall–Kier alpha value is -2.95. The van der Waals surface area contributed by atoms with Crippen LogP contribution in [0.3, 0.4) is 0 Å². The van der Waals surface area contributed by atoms with Gasteiger partial charge in [0.15, 0.2) is 11.6 Å². The van der Waals surface area contributed by atoms with E-state index in [1.165, 1.54) is 19.1 Å². The maximum atomic E-state index is 14.3. The first-order valence-electron chi connectivity index (χ1n) is 12.3. The van der Waals surface area contributed by atoms with Gasteiger partial charge in [0.05, 0.1) is 17.9 Å². The molecule has 1 amide bonds. The number of carbonyl (C=O) groups is 1. The molecular formula is C27H33F5N2O3S. The highest BCUT2D eigenvalue weighted by Crippen LogP contribution is 2.34. The largest absolute Gasteiger partial charge is 0.416 e. The lowest BCUT2D eigenvalue weighted by molar-refractivity contribution is -0.137. The number of halogens is 5. The molecular weight excluding hydrogens is 527 g/mol. The number of hydrogen-bond acceptors (Lipinski definition) is 3. The van der Waals surface area contributed by atoms with Gasteiger partial charge in [-0.05, 0) is 85.2 Å². The Kier molecular flexibility index (Phi) is 10.9. The zero-order chi connectivity index (χ0) is 28.7. The number of amides is 1. The van der Waals surface area contributed by atoms with E-state index < -0.39 is 51.0 Å². The molecule has 5 nitrogen and oxygen atoms in total. The Labute approximate surface area is 220 Å². The molecule has 0 heterocycles. The molecule has 1 unspecified atom stereocenters. The topological polar surface area (TPSA) is 75.3 Å². The van der Waals surface area contributed by atoms with Crippen molar-refractivity contribution in [2.75, 3.05) is 11.0 Å². The summed E-state index contributed by atoms with van der Waals surface area (Å²) < 4.78 is 93.7. The molecule has 0 aromatic heterocycles. The van der Waals surface area contributed by atoms with Crippen LogP contribution in [-0.4, -0.2) is 20.6 Å². The van der Waals surface area contributed by atoms with E-state index in [1.54, 1.807) is 4.72 Å². The minimum absolute atomic E-state index is 0.0580. The van der Waals surface area contributed by atoms with Crippen LogP contribution in [0.2, 0.25) is 0 Å². The molecule has 0 saturated heterocycles. The summed E-state index contributed by atoms with van der Waals surface area (Å²) in [5, 5.41) is 2.57. The van der Waals surface area contributed by atoms with Crippen LogP contribution in [0.15, 0.2) is 30.3 Å². The van der Waals surface area contributed by atoms with Gasteiger partial charge in [-0.2, -0.15) is 13.2 Å². The maximum Gasteiger partial charge on any atom is 0.416 e. The van der Waals surface area contributed by atoms with E-state index in [-0.39, 0.29) is 5.56 Å². The van der Waals surface area contributed by atoms with Gasteiger partial charge in [0.2, 0.25) is 15.9 Å². The summed E-state index contributed by atoms with van der Waals surface area (Å²) in [4.78, 5) is 12.6. The Morgan fingerprint density at radius 1 is 0.974 bits per heavy atom. The van der Waals surface area contributed by atoms with Crippen molar-refractivity contribution < 1.29 is 35.2 Å².